The summed E-state index contributed by atoms with van der Waals surface area (Å²) in [6.45, 7) is 3.02. The minimum absolute atomic E-state index is 0.192. The van der Waals surface area contributed by atoms with E-state index in [0.717, 1.165) is 12.8 Å². The van der Waals surface area contributed by atoms with E-state index in [1.807, 2.05) is 0 Å². The molecular weight excluding hydrogens is 219 g/mol. The molecule has 1 aliphatic carbocycles. The van der Waals surface area contributed by atoms with Crippen molar-refractivity contribution in [2.45, 2.75) is 25.4 Å². The Hall–Kier alpha value is -1.33. The third-order valence-electron chi connectivity index (χ3n) is 2.75. The Balaban J connectivity index is 2.22. The highest BCUT2D eigenvalue weighted by Gasteiger charge is 2.36. The van der Waals surface area contributed by atoms with Gasteiger partial charge in [-0.2, -0.15) is 13.2 Å². The fraction of sp³-hybridized carbons (Fsp3) is 0.600. The van der Waals surface area contributed by atoms with E-state index >= 15 is 0 Å². The zero-order valence-electron chi connectivity index (χ0n) is 8.88. The van der Waals surface area contributed by atoms with E-state index in [0.29, 0.717) is 18.2 Å². The molecule has 1 aromatic rings. The van der Waals surface area contributed by atoms with E-state index in [2.05, 4.69) is 16.8 Å². The van der Waals surface area contributed by atoms with Crippen molar-refractivity contribution < 1.29 is 13.2 Å². The van der Waals surface area contributed by atoms with Crippen molar-refractivity contribution in [3.8, 4) is 0 Å². The van der Waals surface area contributed by atoms with E-state index in [1.165, 1.54) is 4.57 Å². The molecular formula is C10H12F3N3. The number of hydrogen-bond acceptors (Lipinski definition) is 2. The Morgan fingerprint density at radius 2 is 2.06 bits per heavy atom. The van der Waals surface area contributed by atoms with Crippen LogP contribution in [0.2, 0.25) is 0 Å². The lowest BCUT2D eigenvalue weighted by molar-refractivity contribution is -0.0693. The Kier molecular flexibility index (Phi) is 2.52. The number of nitrogens with zero attached hydrogens (tertiary/aromatic N) is 3. The third-order valence-corrected chi connectivity index (χ3v) is 2.75. The first-order valence-corrected chi connectivity index (χ1v) is 5.04. The van der Waals surface area contributed by atoms with E-state index in [-0.39, 0.29) is 5.82 Å². The van der Waals surface area contributed by atoms with Crippen LogP contribution in [0.4, 0.5) is 13.2 Å². The summed E-state index contributed by atoms with van der Waals surface area (Å²) in [4.78, 5) is 0. The molecule has 6 heteroatoms. The molecule has 0 aromatic carbocycles. The van der Waals surface area contributed by atoms with Gasteiger partial charge in [0.1, 0.15) is 5.82 Å². The van der Waals surface area contributed by atoms with Gasteiger partial charge >= 0.3 is 6.18 Å². The minimum Gasteiger partial charge on any atom is -0.314 e. The van der Waals surface area contributed by atoms with Crippen molar-refractivity contribution in [2.24, 2.45) is 13.0 Å². The topological polar surface area (TPSA) is 30.7 Å². The van der Waals surface area contributed by atoms with E-state index < -0.39 is 11.7 Å². The summed E-state index contributed by atoms with van der Waals surface area (Å²) in [6.07, 6.45) is -1.49. The number of halogens is 3. The molecule has 0 radical (unpaired) electrons. The van der Waals surface area contributed by atoms with Gasteiger partial charge in [0.25, 0.3) is 0 Å². The molecule has 2 rings (SSSR count). The third kappa shape index (κ3) is 2.10. The quantitative estimate of drug-likeness (QED) is 0.799. The van der Waals surface area contributed by atoms with Crippen LogP contribution >= 0.6 is 0 Å². The first kappa shape index (κ1) is 11.2. The van der Waals surface area contributed by atoms with Crippen LogP contribution in [0.5, 0.6) is 0 Å². The molecule has 0 amide bonds. The summed E-state index contributed by atoms with van der Waals surface area (Å²) in [5.74, 6) is 0.973. The smallest absolute Gasteiger partial charge is 0.314 e. The van der Waals surface area contributed by atoms with Gasteiger partial charge in [0.15, 0.2) is 5.82 Å². The Morgan fingerprint density at radius 3 is 2.56 bits per heavy atom. The molecule has 88 valence electrons. The van der Waals surface area contributed by atoms with Crippen LogP contribution in [0.3, 0.4) is 0 Å². The highest BCUT2D eigenvalue weighted by Crippen LogP contribution is 2.34. The van der Waals surface area contributed by atoms with Crippen LogP contribution in [0.25, 0.3) is 5.57 Å². The Labute approximate surface area is 91.0 Å². The van der Waals surface area contributed by atoms with Crippen LogP contribution in [-0.2, 0) is 13.5 Å². The summed E-state index contributed by atoms with van der Waals surface area (Å²) >= 11 is 0. The number of allylic oxidation sites excluding steroid dienone is 1. The SMILES string of the molecule is C=C(c1nnc(CC2CC2)n1C)C(F)(F)F. The van der Waals surface area contributed by atoms with Gasteiger partial charge in [-0.3, -0.25) is 0 Å². The summed E-state index contributed by atoms with van der Waals surface area (Å²) in [5, 5.41) is 7.34. The molecule has 0 bridgehead atoms. The maximum absolute atomic E-state index is 12.4. The summed E-state index contributed by atoms with van der Waals surface area (Å²) in [7, 11) is 1.55. The molecule has 0 saturated heterocycles. The standard InChI is InChI=1S/C10H12F3N3/c1-6(10(11,12)13)9-15-14-8(16(9)2)5-7-3-4-7/h7H,1,3-5H2,2H3. The minimum atomic E-state index is -4.45. The van der Waals surface area contributed by atoms with Crippen molar-refractivity contribution >= 4 is 5.57 Å². The molecule has 1 saturated carbocycles. The van der Waals surface area contributed by atoms with Gasteiger partial charge < -0.3 is 4.57 Å². The highest BCUT2D eigenvalue weighted by molar-refractivity contribution is 5.61. The predicted molar refractivity (Wildman–Crippen MR) is 52.5 cm³/mol. The lowest BCUT2D eigenvalue weighted by Crippen LogP contribution is -2.14. The summed E-state index contributed by atoms with van der Waals surface area (Å²) < 4.78 is 38.6. The average molecular weight is 231 g/mol. The van der Waals surface area contributed by atoms with Crippen molar-refractivity contribution in [1.82, 2.24) is 14.8 Å². The van der Waals surface area contributed by atoms with E-state index in [1.54, 1.807) is 7.05 Å². The lowest BCUT2D eigenvalue weighted by atomic mass is 10.2. The van der Waals surface area contributed by atoms with Crippen LogP contribution < -0.4 is 0 Å². The van der Waals surface area contributed by atoms with Gasteiger partial charge in [-0.25, -0.2) is 0 Å². The molecule has 0 unspecified atom stereocenters. The van der Waals surface area contributed by atoms with Gasteiger partial charge in [-0.1, -0.05) is 6.58 Å². The zero-order chi connectivity index (χ0) is 11.9. The number of aromatic nitrogens is 3. The second kappa shape index (κ2) is 3.61. The van der Waals surface area contributed by atoms with Crippen molar-refractivity contribution in [3.63, 3.8) is 0 Å². The molecule has 1 aromatic heterocycles. The molecule has 0 aliphatic heterocycles. The molecule has 1 fully saturated rings. The van der Waals surface area contributed by atoms with Gasteiger partial charge in [-0.15, -0.1) is 10.2 Å². The second-order valence-corrected chi connectivity index (χ2v) is 4.12. The normalized spacial score (nSPS) is 16.5. The van der Waals surface area contributed by atoms with Gasteiger partial charge in [-0.05, 0) is 18.8 Å². The molecule has 1 heterocycles. The van der Waals surface area contributed by atoms with Gasteiger partial charge in [0.05, 0.1) is 5.57 Å². The van der Waals surface area contributed by atoms with Crippen molar-refractivity contribution in [3.05, 3.63) is 18.2 Å². The molecule has 16 heavy (non-hydrogen) atoms. The van der Waals surface area contributed by atoms with Crippen LogP contribution in [0.15, 0.2) is 6.58 Å². The van der Waals surface area contributed by atoms with Crippen molar-refractivity contribution in [2.75, 3.05) is 0 Å². The molecule has 3 nitrogen and oxygen atoms in total. The second-order valence-electron chi connectivity index (χ2n) is 4.12. The Bertz CT molecular complexity index is 415. The van der Waals surface area contributed by atoms with Crippen LogP contribution in [0.1, 0.15) is 24.5 Å². The summed E-state index contributed by atoms with van der Waals surface area (Å²) in [6, 6.07) is 0. The van der Waals surface area contributed by atoms with Gasteiger partial charge in [0, 0.05) is 13.5 Å². The predicted octanol–water partition coefficient (Wildman–Crippen LogP) is 2.34. The monoisotopic (exact) mass is 231 g/mol. The largest absolute Gasteiger partial charge is 0.419 e. The lowest BCUT2D eigenvalue weighted by Gasteiger charge is -2.09. The maximum atomic E-state index is 12.4. The fourth-order valence-corrected chi connectivity index (χ4v) is 1.51. The first-order valence-electron chi connectivity index (χ1n) is 5.04. The number of hydrogen-bond donors (Lipinski definition) is 0. The number of rotatable bonds is 3. The molecule has 0 N–H and O–H groups in total. The van der Waals surface area contributed by atoms with E-state index in [9.17, 15) is 13.2 Å². The molecule has 1 aliphatic rings. The first-order chi connectivity index (χ1) is 7.39. The summed E-state index contributed by atoms with van der Waals surface area (Å²) in [5.41, 5.74) is -0.940. The van der Waals surface area contributed by atoms with Gasteiger partial charge in [0.2, 0.25) is 0 Å². The molecule has 0 spiro atoms. The number of alkyl halides is 3. The van der Waals surface area contributed by atoms with E-state index in [4.69, 9.17) is 0 Å². The van der Waals surface area contributed by atoms with Crippen LogP contribution in [-0.4, -0.2) is 20.9 Å². The Morgan fingerprint density at radius 1 is 1.44 bits per heavy atom. The van der Waals surface area contributed by atoms with Crippen LogP contribution in [0, 0.1) is 5.92 Å². The van der Waals surface area contributed by atoms with Crippen molar-refractivity contribution in [1.29, 1.82) is 0 Å². The molecule has 0 atom stereocenters. The zero-order valence-corrected chi connectivity index (χ0v) is 8.88. The average Bonchev–Trinajstić information content (AvgIpc) is 2.91. The maximum Gasteiger partial charge on any atom is 0.419 e. The highest BCUT2D eigenvalue weighted by atomic mass is 19.4. The fourth-order valence-electron chi connectivity index (χ4n) is 1.51.